The normalized spacial score (nSPS) is 11.8. The molecule has 0 fully saturated rings. The Morgan fingerprint density at radius 3 is 1.86 bits per heavy atom. The van der Waals surface area contributed by atoms with Gasteiger partial charge in [0.15, 0.2) is 23.0 Å². The van der Waals surface area contributed by atoms with Crippen LogP contribution in [0.25, 0.3) is 0 Å². The summed E-state index contributed by atoms with van der Waals surface area (Å²) in [6.07, 6.45) is 0. The van der Waals surface area contributed by atoms with Crippen LogP contribution in [-0.4, -0.2) is 49.8 Å². The van der Waals surface area contributed by atoms with Crippen LogP contribution < -0.4 is 28.6 Å². The average molecular weight is 515 g/mol. The summed E-state index contributed by atoms with van der Waals surface area (Å²) in [5.41, 5.74) is 1.63. The Labute approximate surface area is 211 Å². The number of carbonyl (C=O) groups excluding carboxylic acids is 1. The number of carbonyl (C=O) groups is 1. The quantitative estimate of drug-likeness (QED) is 0.436. The number of benzene rings is 3. The molecule has 0 aliphatic heterocycles. The third kappa shape index (κ3) is 5.49. The minimum Gasteiger partial charge on any atom is -0.493 e. The summed E-state index contributed by atoms with van der Waals surface area (Å²) in [6, 6.07) is 15.8. The standard InChI is InChI=1S/C26H30N2O7S/c1-17(19-9-13-22(32-3)24(15-19)34-5)27-26(29)18-7-10-20(11-8-18)28(2)36(30,31)21-12-14-23(33-4)25(16-21)35-6/h7-17H,1-6H3,(H,27,29)/t17-/m0/s1. The lowest BCUT2D eigenvalue weighted by atomic mass is 10.1. The first-order chi connectivity index (χ1) is 17.2. The van der Waals surface area contributed by atoms with Crippen LogP contribution in [0.4, 0.5) is 5.69 Å². The van der Waals surface area contributed by atoms with Crippen LogP contribution in [0.2, 0.25) is 0 Å². The Bertz CT molecular complexity index is 1320. The lowest BCUT2D eigenvalue weighted by Gasteiger charge is -2.21. The first-order valence-corrected chi connectivity index (χ1v) is 12.4. The maximum atomic E-state index is 13.2. The summed E-state index contributed by atoms with van der Waals surface area (Å²) < 4.78 is 48.4. The van der Waals surface area contributed by atoms with Crippen molar-refractivity contribution in [3.8, 4) is 23.0 Å². The van der Waals surface area contributed by atoms with Gasteiger partial charge in [-0.3, -0.25) is 9.10 Å². The van der Waals surface area contributed by atoms with Crippen molar-refractivity contribution in [2.45, 2.75) is 17.9 Å². The molecule has 1 atom stereocenters. The van der Waals surface area contributed by atoms with Gasteiger partial charge in [-0.25, -0.2) is 8.42 Å². The molecule has 36 heavy (non-hydrogen) atoms. The van der Waals surface area contributed by atoms with E-state index in [1.807, 2.05) is 13.0 Å². The molecule has 1 amide bonds. The molecule has 0 aromatic heterocycles. The Morgan fingerprint density at radius 1 is 0.778 bits per heavy atom. The molecule has 3 rings (SSSR count). The molecular weight excluding hydrogens is 484 g/mol. The topological polar surface area (TPSA) is 103 Å². The van der Waals surface area contributed by atoms with Gasteiger partial charge in [-0.2, -0.15) is 0 Å². The van der Waals surface area contributed by atoms with E-state index < -0.39 is 10.0 Å². The molecule has 0 heterocycles. The van der Waals surface area contributed by atoms with Gasteiger partial charge in [0.05, 0.1) is 45.1 Å². The molecule has 0 aliphatic rings. The molecule has 3 aromatic carbocycles. The molecule has 3 aromatic rings. The first kappa shape index (κ1) is 26.7. The largest absolute Gasteiger partial charge is 0.493 e. The molecule has 0 aliphatic carbocycles. The van der Waals surface area contributed by atoms with E-state index in [0.29, 0.717) is 34.2 Å². The van der Waals surface area contributed by atoms with Crippen molar-refractivity contribution in [1.82, 2.24) is 5.32 Å². The number of hydrogen-bond donors (Lipinski definition) is 1. The van der Waals surface area contributed by atoms with Crippen LogP contribution in [0.1, 0.15) is 28.9 Å². The van der Waals surface area contributed by atoms with E-state index in [1.165, 1.54) is 39.5 Å². The van der Waals surface area contributed by atoms with Crippen LogP contribution in [-0.2, 0) is 10.0 Å². The zero-order chi connectivity index (χ0) is 26.5. The van der Waals surface area contributed by atoms with Crippen molar-refractivity contribution in [2.24, 2.45) is 0 Å². The van der Waals surface area contributed by atoms with Crippen molar-refractivity contribution in [3.05, 3.63) is 71.8 Å². The van der Waals surface area contributed by atoms with Gasteiger partial charge in [-0.15, -0.1) is 0 Å². The maximum absolute atomic E-state index is 13.2. The molecule has 0 saturated heterocycles. The van der Waals surface area contributed by atoms with Gasteiger partial charge in [0.2, 0.25) is 0 Å². The van der Waals surface area contributed by atoms with Gasteiger partial charge in [-0.05, 0) is 61.0 Å². The highest BCUT2D eigenvalue weighted by Crippen LogP contribution is 2.32. The van der Waals surface area contributed by atoms with E-state index in [1.54, 1.807) is 50.6 Å². The van der Waals surface area contributed by atoms with Gasteiger partial charge in [0.25, 0.3) is 15.9 Å². The second-order valence-electron chi connectivity index (χ2n) is 7.85. The molecular formula is C26H30N2O7S. The van der Waals surface area contributed by atoms with Crippen molar-refractivity contribution >= 4 is 21.6 Å². The number of hydrogen-bond acceptors (Lipinski definition) is 7. The first-order valence-electron chi connectivity index (χ1n) is 11.0. The highest BCUT2D eigenvalue weighted by atomic mass is 32.2. The SMILES string of the molecule is COc1ccc([C@H](C)NC(=O)c2ccc(N(C)S(=O)(=O)c3ccc(OC)c(OC)c3)cc2)cc1OC. The highest BCUT2D eigenvalue weighted by Gasteiger charge is 2.23. The second kappa shape index (κ2) is 11.2. The monoisotopic (exact) mass is 514 g/mol. The van der Waals surface area contributed by atoms with Crippen LogP contribution in [0.3, 0.4) is 0 Å². The number of sulfonamides is 1. The summed E-state index contributed by atoms with van der Waals surface area (Å²) in [6.45, 7) is 1.86. The van der Waals surface area contributed by atoms with Gasteiger partial charge in [-0.1, -0.05) is 6.07 Å². The van der Waals surface area contributed by atoms with Crippen molar-refractivity contribution in [2.75, 3.05) is 39.8 Å². The number of amides is 1. The highest BCUT2D eigenvalue weighted by molar-refractivity contribution is 7.92. The van der Waals surface area contributed by atoms with E-state index in [-0.39, 0.29) is 16.8 Å². The number of nitrogens with zero attached hydrogens (tertiary/aromatic N) is 1. The van der Waals surface area contributed by atoms with E-state index in [0.717, 1.165) is 9.87 Å². The Kier molecular flexibility index (Phi) is 8.31. The van der Waals surface area contributed by atoms with Crippen molar-refractivity contribution in [1.29, 1.82) is 0 Å². The van der Waals surface area contributed by atoms with Crippen LogP contribution in [0.5, 0.6) is 23.0 Å². The van der Waals surface area contributed by atoms with Crippen LogP contribution in [0.15, 0.2) is 65.6 Å². The summed E-state index contributed by atoms with van der Waals surface area (Å²) in [5.74, 6) is 1.61. The minimum absolute atomic E-state index is 0.0493. The smallest absolute Gasteiger partial charge is 0.264 e. The molecule has 10 heteroatoms. The molecule has 0 saturated carbocycles. The fourth-order valence-electron chi connectivity index (χ4n) is 3.58. The van der Waals surface area contributed by atoms with E-state index in [4.69, 9.17) is 18.9 Å². The third-order valence-electron chi connectivity index (χ3n) is 5.76. The molecule has 192 valence electrons. The predicted octanol–water partition coefficient (Wildman–Crippen LogP) is 4.04. The summed E-state index contributed by atoms with van der Waals surface area (Å²) in [5, 5.41) is 2.94. The van der Waals surface area contributed by atoms with Crippen molar-refractivity contribution < 1.29 is 32.2 Å². The molecule has 9 nitrogen and oxygen atoms in total. The predicted molar refractivity (Wildman–Crippen MR) is 137 cm³/mol. The number of rotatable bonds is 10. The molecule has 0 radical (unpaired) electrons. The van der Waals surface area contributed by atoms with Gasteiger partial charge in [0, 0.05) is 18.7 Å². The molecule has 0 spiro atoms. The zero-order valence-corrected chi connectivity index (χ0v) is 21.9. The fraction of sp³-hybridized carbons (Fsp3) is 0.269. The molecule has 0 unspecified atom stereocenters. The zero-order valence-electron chi connectivity index (χ0n) is 21.1. The van der Waals surface area contributed by atoms with E-state index in [2.05, 4.69) is 5.32 Å². The second-order valence-corrected chi connectivity index (χ2v) is 9.82. The number of methoxy groups -OCH3 is 4. The van der Waals surface area contributed by atoms with Crippen LogP contribution >= 0.6 is 0 Å². The van der Waals surface area contributed by atoms with E-state index in [9.17, 15) is 13.2 Å². The molecule has 1 N–H and O–H groups in total. The number of anilines is 1. The summed E-state index contributed by atoms with van der Waals surface area (Å²) in [7, 11) is 3.59. The van der Waals surface area contributed by atoms with E-state index >= 15 is 0 Å². The van der Waals surface area contributed by atoms with Gasteiger partial charge in [0.1, 0.15) is 0 Å². The molecule has 0 bridgehead atoms. The lowest BCUT2D eigenvalue weighted by molar-refractivity contribution is 0.0940. The maximum Gasteiger partial charge on any atom is 0.264 e. The third-order valence-corrected chi connectivity index (χ3v) is 7.54. The fourth-order valence-corrected chi connectivity index (χ4v) is 4.79. The van der Waals surface area contributed by atoms with Crippen molar-refractivity contribution in [3.63, 3.8) is 0 Å². The van der Waals surface area contributed by atoms with Gasteiger partial charge >= 0.3 is 0 Å². The summed E-state index contributed by atoms with van der Waals surface area (Å²) in [4.78, 5) is 12.9. The summed E-state index contributed by atoms with van der Waals surface area (Å²) >= 11 is 0. The lowest BCUT2D eigenvalue weighted by Crippen LogP contribution is -2.28. The Balaban J connectivity index is 1.75. The average Bonchev–Trinajstić information content (AvgIpc) is 2.91. The van der Waals surface area contributed by atoms with Gasteiger partial charge < -0.3 is 24.3 Å². The van der Waals surface area contributed by atoms with Crippen LogP contribution in [0, 0.1) is 0 Å². The minimum atomic E-state index is -3.88. The Morgan fingerprint density at radius 2 is 1.31 bits per heavy atom. The Hall–Kier alpha value is -3.92. The number of ether oxygens (including phenoxy) is 4. The number of nitrogens with one attached hydrogen (secondary N) is 1.